The highest BCUT2D eigenvalue weighted by molar-refractivity contribution is 6.29. The normalized spacial score (nSPS) is 40.3. The summed E-state index contributed by atoms with van der Waals surface area (Å²) < 4.78 is 5.90. The fraction of sp³-hybridized carbons (Fsp3) is 0.906. The van der Waals surface area contributed by atoms with Gasteiger partial charge in [-0.1, -0.05) is 78.9 Å². The molecular formula is C32H53ClO2. The summed E-state index contributed by atoms with van der Waals surface area (Å²) in [4.78, 5) is 12.4. The van der Waals surface area contributed by atoms with Crippen LogP contribution >= 0.6 is 11.6 Å². The van der Waals surface area contributed by atoms with E-state index >= 15 is 0 Å². The highest BCUT2D eigenvalue weighted by Gasteiger charge is 2.59. The zero-order chi connectivity index (χ0) is 25.4. The zero-order valence-electron chi connectivity index (χ0n) is 23.6. The minimum absolute atomic E-state index is 0.0212. The van der Waals surface area contributed by atoms with Crippen LogP contribution in [0.3, 0.4) is 0 Å². The number of esters is 1. The summed E-state index contributed by atoms with van der Waals surface area (Å²) in [5.41, 5.74) is 2.43. The van der Waals surface area contributed by atoms with Gasteiger partial charge in [-0.25, -0.2) is 0 Å². The number of alkyl halides is 1. The van der Waals surface area contributed by atoms with Crippen LogP contribution in [0.2, 0.25) is 0 Å². The van der Waals surface area contributed by atoms with Gasteiger partial charge in [0.25, 0.3) is 0 Å². The van der Waals surface area contributed by atoms with Gasteiger partial charge < -0.3 is 4.74 Å². The van der Waals surface area contributed by atoms with Crippen molar-refractivity contribution in [1.29, 1.82) is 0 Å². The molecule has 0 amide bonds. The van der Waals surface area contributed by atoms with Crippen LogP contribution in [0.5, 0.6) is 0 Å². The van der Waals surface area contributed by atoms with Crippen LogP contribution in [-0.2, 0) is 9.53 Å². The summed E-state index contributed by atoms with van der Waals surface area (Å²) in [6.07, 6.45) is 18.5. The molecule has 4 rings (SSSR count). The summed E-state index contributed by atoms with van der Waals surface area (Å²) in [6.45, 7) is 14.6. The maximum atomic E-state index is 12.4. The monoisotopic (exact) mass is 504 g/mol. The number of ether oxygens (including phenoxy) is 1. The average molecular weight is 505 g/mol. The molecule has 0 radical (unpaired) electrons. The maximum Gasteiger partial charge on any atom is 0.324 e. The molecule has 9 atom stereocenters. The fourth-order valence-electron chi connectivity index (χ4n) is 9.36. The first-order valence-electron chi connectivity index (χ1n) is 15.1. The Bertz CT molecular complexity index is 774. The van der Waals surface area contributed by atoms with Crippen LogP contribution in [-0.4, -0.2) is 17.5 Å². The second-order valence-electron chi connectivity index (χ2n) is 13.8. The Kier molecular flexibility index (Phi) is 8.72. The number of fused-ring (bicyclic) bond motifs is 5. The predicted molar refractivity (Wildman–Crippen MR) is 147 cm³/mol. The molecule has 35 heavy (non-hydrogen) atoms. The van der Waals surface area contributed by atoms with Crippen molar-refractivity contribution in [1.82, 2.24) is 0 Å². The molecule has 0 aromatic carbocycles. The SMILES string of the molecule is CCCC(Cl)C(=O)OC1CCC2(C)C(=CCC3C2CCC2(C)C(C(C)CCCC(C)C)CCC32)C1. The lowest BCUT2D eigenvalue weighted by molar-refractivity contribution is -0.151. The van der Waals surface area contributed by atoms with Crippen LogP contribution in [0.1, 0.15) is 125 Å². The Hall–Kier alpha value is -0.500. The van der Waals surface area contributed by atoms with E-state index < -0.39 is 5.38 Å². The molecule has 2 nitrogen and oxygen atoms in total. The van der Waals surface area contributed by atoms with Crippen molar-refractivity contribution in [2.75, 3.05) is 0 Å². The Morgan fingerprint density at radius 2 is 1.83 bits per heavy atom. The highest BCUT2D eigenvalue weighted by atomic mass is 35.5. The third kappa shape index (κ3) is 5.39. The van der Waals surface area contributed by atoms with Crippen molar-refractivity contribution >= 4 is 17.6 Å². The lowest BCUT2D eigenvalue weighted by atomic mass is 9.47. The van der Waals surface area contributed by atoms with E-state index in [9.17, 15) is 4.79 Å². The molecule has 9 unspecified atom stereocenters. The Morgan fingerprint density at radius 3 is 2.54 bits per heavy atom. The summed E-state index contributed by atoms with van der Waals surface area (Å²) in [6, 6.07) is 0. The molecule has 3 heteroatoms. The van der Waals surface area contributed by atoms with E-state index in [-0.39, 0.29) is 12.1 Å². The summed E-state index contributed by atoms with van der Waals surface area (Å²) >= 11 is 6.26. The van der Waals surface area contributed by atoms with Gasteiger partial charge in [-0.3, -0.25) is 4.79 Å². The van der Waals surface area contributed by atoms with Crippen LogP contribution in [0, 0.1) is 46.3 Å². The Labute approximate surface area is 221 Å². The van der Waals surface area contributed by atoms with Crippen LogP contribution in [0.25, 0.3) is 0 Å². The van der Waals surface area contributed by atoms with Gasteiger partial charge in [-0.15, -0.1) is 11.6 Å². The third-order valence-electron chi connectivity index (χ3n) is 11.3. The first kappa shape index (κ1) is 27.5. The van der Waals surface area contributed by atoms with Crippen molar-refractivity contribution in [3.8, 4) is 0 Å². The van der Waals surface area contributed by atoms with E-state index in [1.807, 2.05) is 0 Å². The quantitative estimate of drug-likeness (QED) is 0.177. The predicted octanol–water partition coefficient (Wildman–Crippen LogP) is 9.35. The number of carbonyl (C=O) groups is 1. The second-order valence-corrected chi connectivity index (χ2v) is 14.4. The van der Waals surface area contributed by atoms with Gasteiger partial charge in [0.2, 0.25) is 0 Å². The summed E-state index contributed by atoms with van der Waals surface area (Å²) in [5, 5.41) is -0.489. The molecule has 0 aromatic heterocycles. The van der Waals surface area contributed by atoms with Crippen LogP contribution < -0.4 is 0 Å². The molecule has 0 aromatic rings. The van der Waals surface area contributed by atoms with E-state index in [0.29, 0.717) is 17.3 Å². The van der Waals surface area contributed by atoms with Gasteiger partial charge in [-0.05, 0) is 97.7 Å². The van der Waals surface area contributed by atoms with Crippen molar-refractivity contribution in [3.05, 3.63) is 11.6 Å². The van der Waals surface area contributed by atoms with Gasteiger partial charge in [0.1, 0.15) is 11.5 Å². The molecule has 0 N–H and O–H groups in total. The van der Waals surface area contributed by atoms with Gasteiger partial charge in [-0.2, -0.15) is 0 Å². The lowest BCUT2D eigenvalue weighted by Crippen LogP contribution is -2.51. The molecule has 4 aliphatic carbocycles. The molecule has 3 fully saturated rings. The van der Waals surface area contributed by atoms with E-state index in [0.717, 1.165) is 61.2 Å². The molecule has 0 spiro atoms. The van der Waals surface area contributed by atoms with Crippen LogP contribution in [0.15, 0.2) is 11.6 Å². The smallest absolute Gasteiger partial charge is 0.324 e. The summed E-state index contributed by atoms with van der Waals surface area (Å²) in [5.74, 6) is 4.98. The zero-order valence-corrected chi connectivity index (χ0v) is 24.3. The molecule has 3 saturated carbocycles. The molecule has 200 valence electrons. The van der Waals surface area contributed by atoms with E-state index in [2.05, 4.69) is 47.6 Å². The van der Waals surface area contributed by atoms with Crippen molar-refractivity contribution in [2.24, 2.45) is 46.3 Å². The first-order valence-corrected chi connectivity index (χ1v) is 15.6. The van der Waals surface area contributed by atoms with E-state index in [1.54, 1.807) is 5.57 Å². The summed E-state index contributed by atoms with van der Waals surface area (Å²) in [7, 11) is 0. The molecular weight excluding hydrogens is 452 g/mol. The molecule has 0 saturated heterocycles. The number of carbonyl (C=O) groups excluding carboxylic acids is 1. The topological polar surface area (TPSA) is 26.3 Å². The molecule has 0 aliphatic heterocycles. The standard InChI is InChI=1S/C32H53ClO2/c1-7-9-29(33)30(34)35-24-16-18-31(5)23(20-24)12-13-25-27-15-14-26(22(4)11-8-10-21(2)3)32(27,6)19-17-28(25)31/h12,21-22,24-29H,7-11,13-20H2,1-6H3. The molecule has 0 bridgehead atoms. The number of halogens is 1. The van der Waals surface area contributed by atoms with E-state index in [1.165, 1.54) is 51.4 Å². The van der Waals surface area contributed by atoms with Gasteiger partial charge >= 0.3 is 5.97 Å². The number of allylic oxidation sites excluding steroid dienone is 1. The third-order valence-corrected chi connectivity index (χ3v) is 11.7. The average Bonchev–Trinajstić information content (AvgIpc) is 3.16. The second kappa shape index (κ2) is 11.1. The highest BCUT2D eigenvalue weighted by Crippen LogP contribution is 2.67. The number of hydrogen-bond donors (Lipinski definition) is 0. The minimum atomic E-state index is -0.489. The van der Waals surface area contributed by atoms with Crippen molar-refractivity contribution in [3.63, 3.8) is 0 Å². The fourth-order valence-corrected chi connectivity index (χ4v) is 9.63. The van der Waals surface area contributed by atoms with Crippen molar-refractivity contribution in [2.45, 2.75) is 136 Å². The van der Waals surface area contributed by atoms with Crippen LogP contribution in [0.4, 0.5) is 0 Å². The van der Waals surface area contributed by atoms with E-state index in [4.69, 9.17) is 16.3 Å². The molecule has 0 heterocycles. The first-order chi connectivity index (χ1) is 16.6. The number of rotatable bonds is 9. The lowest BCUT2D eigenvalue weighted by Gasteiger charge is -2.58. The number of hydrogen-bond acceptors (Lipinski definition) is 2. The maximum absolute atomic E-state index is 12.4. The van der Waals surface area contributed by atoms with Gasteiger partial charge in [0.15, 0.2) is 0 Å². The largest absolute Gasteiger partial charge is 0.461 e. The van der Waals surface area contributed by atoms with Gasteiger partial charge in [0.05, 0.1) is 0 Å². The Balaban J connectivity index is 1.42. The Morgan fingerprint density at radius 1 is 1.06 bits per heavy atom. The molecule has 4 aliphatic rings. The van der Waals surface area contributed by atoms with Gasteiger partial charge in [0, 0.05) is 6.42 Å². The van der Waals surface area contributed by atoms with Crippen molar-refractivity contribution < 1.29 is 9.53 Å². The minimum Gasteiger partial charge on any atom is -0.461 e.